The number of nitrogens with zero attached hydrogens (tertiary/aromatic N) is 3. The van der Waals surface area contributed by atoms with Gasteiger partial charge in [-0.05, 0) is 6.07 Å². The summed E-state index contributed by atoms with van der Waals surface area (Å²) < 4.78 is 0.991. The Morgan fingerprint density at radius 1 is 1.17 bits per heavy atom. The fourth-order valence-corrected chi connectivity index (χ4v) is 1.03. The van der Waals surface area contributed by atoms with Crippen molar-refractivity contribution in [3.63, 3.8) is 0 Å². The van der Waals surface area contributed by atoms with E-state index in [1.54, 1.807) is 12.1 Å². The minimum atomic E-state index is 0.0139. The Kier molecular flexibility index (Phi) is 1.30. The maximum atomic E-state index is 11.1. The molecule has 0 fully saturated rings. The molecule has 60 valence electrons. The zero-order valence-corrected chi connectivity index (χ0v) is 6.04. The van der Waals surface area contributed by atoms with Gasteiger partial charge in [-0.15, -0.1) is 9.46 Å². The van der Waals surface area contributed by atoms with E-state index in [2.05, 4.69) is 4.98 Å². The largest absolute Gasteiger partial charge is 0.614 e. The third-order valence-corrected chi connectivity index (χ3v) is 1.54. The molecule has 2 aromatic heterocycles. The van der Waals surface area contributed by atoms with Crippen molar-refractivity contribution in [3.8, 4) is 0 Å². The number of hydrogen-bond donors (Lipinski definition) is 0. The maximum absolute atomic E-state index is 11.1. The average molecular weight is 163 g/mol. The average Bonchev–Trinajstić information content (AvgIpc) is 2.04. The Balaban J connectivity index is 2.96. The van der Waals surface area contributed by atoms with E-state index in [9.17, 15) is 10.4 Å². The lowest BCUT2D eigenvalue weighted by molar-refractivity contribution is -0.691. The highest BCUT2D eigenvalue weighted by Crippen LogP contribution is 1.97. The van der Waals surface area contributed by atoms with E-state index in [4.69, 9.17) is 0 Å². The van der Waals surface area contributed by atoms with Crippen molar-refractivity contribution in [2.24, 2.45) is 0 Å². The molecular weight excluding hydrogens is 158 g/mol. The van der Waals surface area contributed by atoms with Crippen molar-refractivity contribution in [1.82, 2.24) is 4.98 Å². The van der Waals surface area contributed by atoms with Gasteiger partial charge in [0.1, 0.15) is 0 Å². The molecule has 2 aromatic rings. The van der Waals surface area contributed by atoms with E-state index in [-0.39, 0.29) is 5.65 Å². The highest BCUT2D eigenvalue weighted by Gasteiger charge is 2.12. The Hall–Kier alpha value is -1.91. The first-order valence-electron chi connectivity index (χ1n) is 3.35. The van der Waals surface area contributed by atoms with Crippen LogP contribution >= 0.6 is 0 Å². The molecule has 0 aliphatic rings. The molecule has 0 aliphatic heterocycles. The van der Waals surface area contributed by atoms with Gasteiger partial charge < -0.3 is 10.4 Å². The second-order valence-electron chi connectivity index (χ2n) is 2.30. The second-order valence-corrected chi connectivity index (χ2v) is 2.30. The molecule has 2 heterocycles. The first kappa shape index (κ1) is 6.78. The quantitative estimate of drug-likeness (QED) is 0.388. The summed E-state index contributed by atoms with van der Waals surface area (Å²) in [7, 11) is 0. The Morgan fingerprint density at radius 3 is 2.67 bits per heavy atom. The Bertz CT molecular complexity index is 393. The summed E-state index contributed by atoms with van der Waals surface area (Å²) in [6, 6.07) is 3.15. The fraction of sp³-hybridized carbons (Fsp3) is 0. The predicted molar refractivity (Wildman–Crippen MR) is 39.7 cm³/mol. The third kappa shape index (κ3) is 0.833. The molecule has 0 saturated heterocycles. The van der Waals surface area contributed by atoms with E-state index in [0.717, 1.165) is 0 Å². The van der Waals surface area contributed by atoms with Crippen LogP contribution in [-0.4, -0.2) is 4.98 Å². The minimum Gasteiger partial charge on any atom is -0.614 e. The monoisotopic (exact) mass is 163 g/mol. The third-order valence-electron chi connectivity index (χ3n) is 1.54. The molecule has 0 radical (unpaired) electrons. The lowest BCUT2D eigenvalue weighted by atomic mass is 10.4. The van der Waals surface area contributed by atoms with Gasteiger partial charge in [0.05, 0.1) is 6.20 Å². The standard InChI is InChI=1S/C7H5N3O2/c11-9-4-1-2-6-7(9)10(12)5-3-8-6/h1-5H. The summed E-state index contributed by atoms with van der Waals surface area (Å²) in [6.07, 6.45) is 3.81. The molecule has 0 amide bonds. The SMILES string of the molecule is [O-][n+]1cccc2ncc[n+]([O-])c21. The first-order chi connectivity index (χ1) is 5.79. The van der Waals surface area contributed by atoms with Crippen molar-refractivity contribution in [2.45, 2.75) is 0 Å². The van der Waals surface area contributed by atoms with Crippen molar-refractivity contribution in [3.05, 3.63) is 41.1 Å². The molecule has 0 aliphatic carbocycles. The van der Waals surface area contributed by atoms with Crippen LogP contribution < -0.4 is 9.46 Å². The van der Waals surface area contributed by atoms with Gasteiger partial charge in [0.2, 0.25) is 11.7 Å². The van der Waals surface area contributed by atoms with E-state index in [1.165, 1.54) is 18.6 Å². The lowest BCUT2D eigenvalue weighted by Gasteiger charge is -1.99. The molecule has 12 heavy (non-hydrogen) atoms. The minimum absolute atomic E-state index is 0.0139. The Morgan fingerprint density at radius 2 is 1.92 bits per heavy atom. The van der Waals surface area contributed by atoms with Crippen molar-refractivity contribution < 1.29 is 9.46 Å². The number of hydrogen-bond acceptors (Lipinski definition) is 3. The van der Waals surface area contributed by atoms with Crippen LogP contribution in [0.15, 0.2) is 30.7 Å². The molecular formula is C7H5N3O2. The maximum Gasteiger partial charge on any atom is 0.492 e. The van der Waals surface area contributed by atoms with Crippen molar-refractivity contribution in [1.29, 1.82) is 0 Å². The van der Waals surface area contributed by atoms with E-state index in [0.29, 0.717) is 15.0 Å². The van der Waals surface area contributed by atoms with Gasteiger partial charge in [0.25, 0.3) is 0 Å². The van der Waals surface area contributed by atoms with Crippen LogP contribution in [0.2, 0.25) is 0 Å². The van der Waals surface area contributed by atoms with Crippen LogP contribution in [-0.2, 0) is 0 Å². The van der Waals surface area contributed by atoms with Crippen molar-refractivity contribution >= 4 is 11.2 Å². The first-order valence-corrected chi connectivity index (χ1v) is 3.35. The smallest absolute Gasteiger partial charge is 0.492 e. The van der Waals surface area contributed by atoms with E-state index < -0.39 is 0 Å². The lowest BCUT2D eigenvalue weighted by Crippen LogP contribution is -2.41. The molecule has 0 atom stereocenters. The van der Waals surface area contributed by atoms with Gasteiger partial charge in [-0.1, -0.05) is 0 Å². The molecule has 0 aromatic carbocycles. The molecule has 0 bridgehead atoms. The molecule has 5 nitrogen and oxygen atoms in total. The molecule has 0 saturated carbocycles. The van der Waals surface area contributed by atoms with Crippen LogP contribution in [0.5, 0.6) is 0 Å². The summed E-state index contributed by atoms with van der Waals surface area (Å²) >= 11 is 0. The van der Waals surface area contributed by atoms with Gasteiger partial charge >= 0.3 is 5.65 Å². The highest BCUT2D eigenvalue weighted by molar-refractivity contribution is 5.61. The fourth-order valence-electron chi connectivity index (χ4n) is 1.03. The number of pyridine rings is 1. The van der Waals surface area contributed by atoms with Crippen molar-refractivity contribution in [2.75, 3.05) is 0 Å². The summed E-state index contributed by atoms with van der Waals surface area (Å²) in [6.45, 7) is 0. The predicted octanol–water partition coefficient (Wildman–Crippen LogP) is -0.498. The van der Waals surface area contributed by atoms with Crippen LogP contribution in [0.25, 0.3) is 11.2 Å². The normalized spacial score (nSPS) is 10.3. The van der Waals surface area contributed by atoms with Crippen LogP contribution in [0.4, 0.5) is 0 Å². The van der Waals surface area contributed by atoms with Gasteiger partial charge in [0, 0.05) is 6.07 Å². The summed E-state index contributed by atoms with van der Waals surface area (Å²) in [5.74, 6) is 0. The number of fused-ring (bicyclic) bond motifs is 1. The Labute approximate surface area is 67.7 Å². The highest BCUT2D eigenvalue weighted by atomic mass is 16.5. The van der Waals surface area contributed by atoms with Gasteiger partial charge in [-0.3, -0.25) is 0 Å². The zero-order valence-electron chi connectivity index (χ0n) is 6.04. The summed E-state index contributed by atoms with van der Waals surface area (Å²) in [5.41, 5.74) is 0.407. The molecule has 0 unspecified atom stereocenters. The number of rotatable bonds is 0. The van der Waals surface area contributed by atoms with Gasteiger partial charge in [-0.25, -0.2) is 4.98 Å². The van der Waals surface area contributed by atoms with Crippen LogP contribution in [0, 0.1) is 10.4 Å². The van der Waals surface area contributed by atoms with E-state index >= 15 is 0 Å². The molecule has 2 rings (SSSR count). The van der Waals surface area contributed by atoms with E-state index in [1.807, 2.05) is 0 Å². The van der Waals surface area contributed by atoms with Gasteiger partial charge in [-0.2, -0.15) is 0 Å². The molecule has 0 spiro atoms. The second kappa shape index (κ2) is 2.30. The summed E-state index contributed by atoms with van der Waals surface area (Å²) in [5, 5.41) is 22.1. The molecule has 5 heteroatoms. The molecule has 0 N–H and O–H groups in total. The zero-order chi connectivity index (χ0) is 8.55. The van der Waals surface area contributed by atoms with Gasteiger partial charge in [0.15, 0.2) is 6.20 Å². The topological polar surface area (TPSA) is 66.8 Å². The van der Waals surface area contributed by atoms with Crippen LogP contribution in [0.1, 0.15) is 0 Å². The number of aromatic nitrogens is 3. The summed E-state index contributed by atoms with van der Waals surface area (Å²) in [4.78, 5) is 3.86. The van der Waals surface area contributed by atoms with Crippen LogP contribution in [0.3, 0.4) is 0 Å².